The number of carbonyl (C=O) groups excluding carboxylic acids is 1. The second-order valence-electron chi connectivity index (χ2n) is 6.28. The molecule has 1 aliphatic rings. The van der Waals surface area contributed by atoms with Crippen molar-refractivity contribution in [1.82, 2.24) is 29.2 Å². The fourth-order valence-electron chi connectivity index (χ4n) is 3.35. The van der Waals surface area contributed by atoms with Crippen LogP contribution < -0.4 is 0 Å². The highest BCUT2D eigenvalue weighted by Crippen LogP contribution is 2.22. The molecule has 7 nitrogen and oxygen atoms in total. The summed E-state index contributed by atoms with van der Waals surface area (Å²) in [5.41, 5.74) is 1.36. The Hall–Kier alpha value is -2.96. The quantitative estimate of drug-likeness (QED) is 0.736. The Morgan fingerprint density at radius 2 is 2.12 bits per heavy atom. The van der Waals surface area contributed by atoms with Crippen molar-refractivity contribution < 1.29 is 4.79 Å². The molecule has 0 saturated carbocycles. The van der Waals surface area contributed by atoms with Crippen LogP contribution in [0.3, 0.4) is 0 Å². The Labute approximate surface area is 145 Å². The van der Waals surface area contributed by atoms with Crippen LogP contribution in [-0.2, 0) is 0 Å². The molecule has 4 rings (SSSR count). The van der Waals surface area contributed by atoms with Crippen molar-refractivity contribution in [1.29, 1.82) is 0 Å². The summed E-state index contributed by atoms with van der Waals surface area (Å²) in [6.45, 7) is 3.35. The zero-order chi connectivity index (χ0) is 17.2. The molecule has 128 valence electrons. The normalized spacial score (nSPS) is 17.6. The maximum absolute atomic E-state index is 12.9. The minimum absolute atomic E-state index is 0.0310. The molecule has 1 saturated heterocycles. The highest BCUT2D eigenvalue weighted by molar-refractivity contribution is 5.92. The minimum atomic E-state index is -0.0310. The van der Waals surface area contributed by atoms with Crippen LogP contribution in [0.2, 0.25) is 0 Å². The molecular formula is C18H20N6O. The van der Waals surface area contributed by atoms with Crippen molar-refractivity contribution in [2.75, 3.05) is 13.1 Å². The number of hydrogen-bond donors (Lipinski definition) is 0. The molecule has 3 aromatic rings. The first-order chi connectivity index (χ1) is 12.2. The molecule has 4 heterocycles. The van der Waals surface area contributed by atoms with Gasteiger partial charge < -0.3 is 9.47 Å². The second kappa shape index (κ2) is 6.51. The predicted molar refractivity (Wildman–Crippen MR) is 92.5 cm³/mol. The van der Waals surface area contributed by atoms with Gasteiger partial charge in [-0.05, 0) is 38.0 Å². The maximum atomic E-state index is 12.9. The summed E-state index contributed by atoms with van der Waals surface area (Å²) in [6.07, 6.45) is 11.0. The molecule has 0 aliphatic carbocycles. The number of amides is 1. The van der Waals surface area contributed by atoms with Gasteiger partial charge in [0.2, 0.25) is 0 Å². The topological polar surface area (TPSA) is 68.8 Å². The van der Waals surface area contributed by atoms with Gasteiger partial charge in [-0.15, -0.1) is 0 Å². The Morgan fingerprint density at radius 1 is 1.20 bits per heavy atom. The lowest BCUT2D eigenvalue weighted by atomic mass is 10.1. The summed E-state index contributed by atoms with van der Waals surface area (Å²) in [5, 5.41) is 4.32. The number of aromatic nitrogens is 5. The number of piperidine rings is 1. The van der Waals surface area contributed by atoms with E-state index < -0.39 is 0 Å². The van der Waals surface area contributed by atoms with E-state index in [2.05, 4.69) is 15.1 Å². The fraction of sp³-hybridized carbons (Fsp3) is 0.333. The third-order valence-electron chi connectivity index (χ3n) is 4.65. The Bertz CT molecular complexity index is 869. The first-order valence-corrected chi connectivity index (χ1v) is 8.47. The number of rotatable bonds is 3. The lowest BCUT2D eigenvalue weighted by Gasteiger charge is -2.32. The highest BCUT2D eigenvalue weighted by atomic mass is 16.2. The number of likely N-dealkylation sites (tertiary alicyclic amines) is 1. The number of carbonyl (C=O) groups is 1. The SMILES string of the molecule is Cc1nccn1-c1ccnc(C(=O)N2CCCC(n3cccn3)C2)c1. The standard InChI is InChI=1S/C18H20N6O/c1-14-19-8-11-23(14)15-5-7-20-17(12-15)18(25)22-9-2-4-16(13-22)24-10-3-6-21-24/h3,5-8,10-12,16H,2,4,9,13H2,1H3. The molecule has 1 amide bonds. The molecule has 0 radical (unpaired) electrons. The number of nitrogens with zero attached hydrogens (tertiary/aromatic N) is 6. The van der Waals surface area contributed by atoms with Crippen molar-refractivity contribution in [3.05, 3.63) is 60.7 Å². The van der Waals surface area contributed by atoms with Gasteiger partial charge in [0.25, 0.3) is 5.91 Å². The Balaban J connectivity index is 1.55. The van der Waals surface area contributed by atoms with Crippen molar-refractivity contribution in [3.8, 4) is 5.69 Å². The van der Waals surface area contributed by atoms with Crippen molar-refractivity contribution in [2.45, 2.75) is 25.8 Å². The number of imidazole rings is 1. The monoisotopic (exact) mass is 336 g/mol. The predicted octanol–water partition coefficient (Wildman–Crippen LogP) is 2.25. The van der Waals surface area contributed by atoms with Crippen LogP contribution in [0.15, 0.2) is 49.2 Å². The van der Waals surface area contributed by atoms with E-state index in [1.807, 2.05) is 51.7 Å². The lowest BCUT2D eigenvalue weighted by Crippen LogP contribution is -2.41. The summed E-state index contributed by atoms with van der Waals surface area (Å²) < 4.78 is 3.89. The maximum Gasteiger partial charge on any atom is 0.272 e. The zero-order valence-electron chi connectivity index (χ0n) is 14.1. The van der Waals surface area contributed by atoms with E-state index >= 15 is 0 Å². The molecule has 0 spiro atoms. The van der Waals surface area contributed by atoms with Crippen molar-refractivity contribution in [3.63, 3.8) is 0 Å². The summed E-state index contributed by atoms with van der Waals surface area (Å²) in [5.74, 6) is 0.845. The van der Waals surface area contributed by atoms with Crippen LogP contribution in [0.25, 0.3) is 5.69 Å². The van der Waals surface area contributed by atoms with Crippen LogP contribution >= 0.6 is 0 Å². The van der Waals surface area contributed by atoms with Crippen molar-refractivity contribution >= 4 is 5.91 Å². The molecule has 3 aromatic heterocycles. The van der Waals surface area contributed by atoms with Crippen LogP contribution in [0.1, 0.15) is 35.2 Å². The van der Waals surface area contributed by atoms with Crippen molar-refractivity contribution in [2.24, 2.45) is 0 Å². The molecule has 1 atom stereocenters. The molecular weight excluding hydrogens is 316 g/mol. The van der Waals surface area contributed by atoms with E-state index in [1.54, 1.807) is 18.6 Å². The third-order valence-corrected chi connectivity index (χ3v) is 4.65. The van der Waals surface area contributed by atoms with E-state index in [0.717, 1.165) is 30.9 Å². The molecule has 1 aliphatic heterocycles. The molecule has 1 fully saturated rings. The average molecular weight is 336 g/mol. The second-order valence-corrected chi connectivity index (χ2v) is 6.28. The smallest absolute Gasteiger partial charge is 0.272 e. The van der Waals surface area contributed by atoms with Gasteiger partial charge in [0.15, 0.2) is 0 Å². The number of hydrogen-bond acceptors (Lipinski definition) is 4. The van der Waals surface area contributed by atoms with Gasteiger partial charge in [0, 0.05) is 44.1 Å². The van der Waals surface area contributed by atoms with E-state index in [1.165, 1.54) is 0 Å². The van der Waals surface area contributed by atoms with Crippen LogP contribution in [0.4, 0.5) is 0 Å². The molecule has 0 bridgehead atoms. The van der Waals surface area contributed by atoms with Crippen LogP contribution in [-0.4, -0.2) is 48.2 Å². The number of pyridine rings is 1. The van der Waals surface area contributed by atoms with Crippen LogP contribution in [0, 0.1) is 6.92 Å². The summed E-state index contributed by atoms with van der Waals surface area (Å²) in [7, 11) is 0. The molecule has 0 N–H and O–H groups in total. The summed E-state index contributed by atoms with van der Waals surface area (Å²) in [6, 6.07) is 5.86. The Morgan fingerprint density at radius 3 is 2.88 bits per heavy atom. The molecule has 25 heavy (non-hydrogen) atoms. The first kappa shape index (κ1) is 15.6. The van der Waals surface area contributed by atoms with Crippen LogP contribution in [0.5, 0.6) is 0 Å². The third kappa shape index (κ3) is 3.05. The van der Waals surface area contributed by atoms with Gasteiger partial charge in [-0.1, -0.05) is 0 Å². The molecule has 0 aromatic carbocycles. The largest absolute Gasteiger partial charge is 0.335 e. The average Bonchev–Trinajstić information content (AvgIpc) is 3.33. The van der Waals surface area contributed by atoms with E-state index in [4.69, 9.17) is 0 Å². The lowest BCUT2D eigenvalue weighted by molar-refractivity contribution is 0.0667. The Kier molecular flexibility index (Phi) is 4.05. The van der Waals surface area contributed by atoms with E-state index in [9.17, 15) is 4.79 Å². The summed E-state index contributed by atoms with van der Waals surface area (Å²) in [4.78, 5) is 23.3. The first-order valence-electron chi connectivity index (χ1n) is 8.47. The number of aryl methyl sites for hydroxylation is 1. The summed E-state index contributed by atoms with van der Waals surface area (Å²) >= 11 is 0. The van der Waals surface area contributed by atoms with E-state index in [0.29, 0.717) is 12.2 Å². The van der Waals surface area contributed by atoms with Gasteiger partial charge in [-0.25, -0.2) is 4.98 Å². The minimum Gasteiger partial charge on any atom is -0.335 e. The van der Waals surface area contributed by atoms with E-state index in [-0.39, 0.29) is 11.9 Å². The highest BCUT2D eigenvalue weighted by Gasteiger charge is 2.26. The van der Waals surface area contributed by atoms with Gasteiger partial charge >= 0.3 is 0 Å². The molecule has 7 heteroatoms. The fourth-order valence-corrected chi connectivity index (χ4v) is 3.35. The van der Waals surface area contributed by atoms with Gasteiger partial charge in [0.1, 0.15) is 11.5 Å². The van der Waals surface area contributed by atoms with Gasteiger partial charge in [-0.2, -0.15) is 5.10 Å². The zero-order valence-corrected chi connectivity index (χ0v) is 14.1. The van der Waals surface area contributed by atoms with Gasteiger partial charge in [0.05, 0.1) is 11.7 Å². The van der Waals surface area contributed by atoms with Gasteiger partial charge in [-0.3, -0.25) is 14.5 Å². The molecule has 1 unspecified atom stereocenters.